The zero-order valence-corrected chi connectivity index (χ0v) is 16.9. The fourth-order valence-electron chi connectivity index (χ4n) is 3.41. The lowest BCUT2D eigenvalue weighted by molar-refractivity contribution is -0.111. The fraction of sp³-hybridized carbons (Fsp3) is 0.174. The van der Waals surface area contributed by atoms with Gasteiger partial charge in [-0.2, -0.15) is 9.78 Å². The standard InChI is InChI=1S/C23H22N4O2/c1-14-10-16(3)23-19(11-14)15(2)12-20(25-23)27-21(13-17(4)26-27)24-22(28)8-7-18-6-5-9-29-18/h5-13H,1-4H3,(H,24,28)/b8-7+. The van der Waals surface area contributed by atoms with E-state index in [9.17, 15) is 4.79 Å². The van der Waals surface area contributed by atoms with Crippen molar-refractivity contribution in [3.8, 4) is 5.82 Å². The van der Waals surface area contributed by atoms with E-state index in [1.54, 1.807) is 29.2 Å². The zero-order valence-electron chi connectivity index (χ0n) is 16.9. The summed E-state index contributed by atoms with van der Waals surface area (Å²) in [5.74, 6) is 1.57. The molecule has 146 valence electrons. The molecule has 0 fully saturated rings. The molecule has 6 heteroatoms. The van der Waals surface area contributed by atoms with Crippen molar-refractivity contribution in [2.45, 2.75) is 27.7 Å². The highest BCUT2D eigenvalue weighted by Gasteiger charge is 2.13. The minimum Gasteiger partial charge on any atom is -0.465 e. The number of rotatable bonds is 4. The summed E-state index contributed by atoms with van der Waals surface area (Å²) in [6, 6.07) is 11.6. The number of hydrogen-bond donors (Lipinski definition) is 1. The number of aryl methyl sites for hydroxylation is 4. The molecule has 0 spiro atoms. The van der Waals surface area contributed by atoms with Gasteiger partial charge in [0.1, 0.15) is 11.6 Å². The largest absolute Gasteiger partial charge is 0.465 e. The van der Waals surface area contributed by atoms with Gasteiger partial charge in [-0.15, -0.1) is 0 Å². The molecule has 1 amide bonds. The van der Waals surface area contributed by atoms with Gasteiger partial charge in [0.15, 0.2) is 5.82 Å². The van der Waals surface area contributed by atoms with Gasteiger partial charge in [-0.25, -0.2) is 4.98 Å². The number of furan rings is 1. The highest BCUT2D eigenvalue weighted by atomic mass is 16.3. The Morgan fingerprint density at radius 3 is 2.69 bits per heavy atom. The zero-order chi connectivity index (χ0) is 20.5. The van der Waals surface area contributed by atoms with Gasteiger partial charge in [0.05, 0.1) is 17.5 Å². The second-order valence-electron chi connectivity index (χ2n) is 7.20. The third kappa shape index (κ3) is 3.82. The molecule has 4 aromatic rings. The van der Waals surface area contributed by atoms with Crippen LogP contribution in [-0.2, 0) is 4.79 Å². The first-order chi connectivity index (χ1) is 13.9. The predicted octanol–water partition coefficient (Wildman–Crippen LogP) is 4.90. The van der Waals surface area contributed by atoms with Crippen LogP contribution in [0.3, 0.4) is 0 Å². The lowest BCUT2D eigenvalue weighted by Gasteiger charge is -2.12. The van der Waals surface area contributed by atoms with E-state index in [2.05, 4.69) is 43.3 Å². The maximum atomic E-state index is 12.4. The van der Waals surface area contributed by atoms with E-state index in [0.29, 0.717) is 17.4 Å². The van der Waals surface area contributed by atoms with Gasteiger partial charge >= 0.3 is 0 Å². The summed E-state index contributed by atoms with van der Waals surface area (Å²) in [5.41, 5.74) is 5.16. The number of pyridine rings is 1. The van der Waals surface area contributed by atoms with Gasteiger partial charge in [-0.3, -0.25) is 4.79 Å². The Hall–Kier alpha value is -3.67. The first-order valence-electron chi connectivity index (χ1n) is 9.39. The minimum atomic E-state index is -0.271. The summed E-state index contributed by atoms with van der Waals surface area (Å²) in [7, 11) is 0. The first-order valence-corrected chi connectivity index (χ1v) is 9.39. The SMILES string of the molecule is Cc1cc(C)c2nc(-n3nc(C)cc3NC(=O)/C=C/c3ccco3)cc(C)c2c1. The molecule has 6 nitrogen and oxygen atoms in total. The van der Waals surface area contributed by atoms with Crippen LogP contribution in [0.2, 0.25) is 0 Å². The Labute approximate surface area is 168 Å². The molecule has 0 bridgehead atoms. The average molecular weight is 386 g/mol. The van der Waals surface area contributed by atoms with Crippen LogP contribution in [-0.4, -0.2) is 20.7 Å². The van der Waals surface area contributed by atoms with Crippen molar-refractivity contribution < 1.29 is 9.21 Å². The third-order valence-corrected chi connectivity index (χ3v) is 4.68. The van der Waals surface area contributed by atoms with Gasteiger partial charge in [-0.1, -0.05) is 11.6 Å². The first kappa shape index (κ1) is 18.7. The number of benzene rings is 1. The van der Waals surface area contributed by atoms with Crippen molar-refractivity contribution in [3.05, 3.63) is 76.9 Å². The molecule has 0 saturated heterocycles. The van der Waals surface area contributed by atoms with E-state index in [1.807, 2.05) is 19.1 Å². The van der Waals surface area contributed by atoms with Crippen LogP contribution >= 0.6 is 0 Å². The summed E-state index contributed by atoms with van der Waals surface area (Å²) >= 11 is 0. The van der Waals surface area contributed by atoms with Gasteiger partial charge in [0.2, 0.25) is 5.91 Å². The second kappa shape index (κ2) is 7.39. The molecule has 0 saturated carbocycles. The average Bonchev–Trinajstić information content (AvgIpc) is 3.30. The molecular formula is C23H22N4O2. The molecule has 0 aliphatic heterocycles. The number of fused-ring (bicyclic) bond motifs is 1. The maximum absolute atomic E-state index is 12.4. The number of carbonyl (C=O) groups excluding carboxylic acids is 1. The van der Waals surface area contributed by atoms with E-state index in [0.717, 1.165) is 27.7 Å². The molecule has 29 heavy (non-hydrogen) atoms. The molecule has 0 unspecified atom stereocenters. The van der Waals surface area contributed by atoms with Crippen LogP contribution in [0.5, 0.6) is 0 Å². The van der Waals surface area contributed by atoms with Crippen LogP contribution in [0.1, 0.15) is 28.1 Å². The maximum Gasteiger partial charge on any atom is 0.249 e. The summed E-state index contributed by atoms with van der Waals surface area (Å²) in [5, 5.41) is 8.54. The van der Waals surface area contributed by atoms with Crippen molar-refractivity contribution >= 4 is 28.7 Å². The van der Waals surface area contributed by atoms with E-state index in [4.69, 9.17) is 9.40 Å². The Morgan fingerprint density at radius 1 is 1.10 bits per heavy atom. The number of anilines is 1. The van der Waals surface area contributed by atoms with Gasteiger partial charge in [0, 0.05) is 17.5 Å². The van der Waals surface area contributed by atoms with Crippen LogP contribution < -0.4 is 5.32 Å². The molecule has 0 aliphatic carbocycles. The van der Waals surface area contributed by atoms with Crippen molar-refractivity contribution in [1.82, 2.24) is 14.8 Å². The molecule has 3 aromatic heterocycles. The Bertz CT molecular complexity index is 1230. The number of nitrogens with one attached hydrogen (secondary N) is 1. The van der Waals surface area contributed by atoms with Gasteiger partial charge in [-0.05, 0) is 69.2 Å². The van der Waals surface area contributed by atoms with Crippen molar-refractivity contribution in [2.24, 2.45) is 0 Å². The smallest absolute Gasteiger partial charge is 0.249 e. The van der Waals surface area contributed by atoms with Crippen molar-refractivity contribution in [1.29, 1.82) is 0 Å². The minimum absolute atomic E-state index is 0.271. The van der Waals surface area contributed by atoms with E-state index < -0.39 is 0 Å². The molecule has 3 heterocycles. The number of nitrogens with zero attached hydrogens (tertiary/aromatic N) is 3. The summed E-state index contributed by atoms with van der Waals surface area (Å²) in [4.78, 5) is 17.2. The Kier molecular flexibility index (Phi) is 4.76. The summed E-state index contributed by atoms with van der Waals surface area (Å²) < 4.78 is 6.88. The highest BCUT2D eigenvalue weighted by molar-refractivity contribution is 6.01. The van der Waals surface area contributed by atoms with Crippen molar-refractivity contribution in [3.63, 3.8) is 0 Å². The van der Waals surface area contributed by atoms with Crippen molar-refractivity contribution in [2.75, 3.05) is 5.32 Å². The Morgan fingerprint density at radius 2 is 1.93 bits per heavy atom. The topological polar surface area (TPSA) is 73.0 Å². The lowest BCUT2D eigenvalue weighted by Crippen LogP contribution is -2.13. The third-order valence-electron chi connectivity index (χ3n) is 4.68. The molecule has 4 rings (SSSR count). The lowest BCUT2D eigenvalue weighted by atomic mass is 10.0. The summed E-state index contributed by atoms with van der Waals surface area (Å²) in [6.07, 6.45) is 4.61. The monoisotopic (exact) mass is 386 g/mol. The molecule has 1 N–H and O–H groups in total. The van der Waals surface area contributed by atoms with Crippen LogP contribution in [0, 0.1) is 27.7 Å². The van der Waals surface area contributed by atoms with E-state index in [1.165, 1.54) is 11.6 Å². The highest BCUT2D eigenvalue weighted by Crippen LogP contribution is 2.25. The van der Waals surface area contributed by atoms with Crippen LogP contribution in [0.4, 0.5) is 5.82 Å². The molecular weight excluding hydrogens is 364 g/mol. The van der Waals surface area contributed by atoms with Gasteiger partial charge < -0.3 is 9.73 Å². The Balaban J connectivity index is 1.70. The number of hydrogen-bond acceptors (Lipinski definition) is 4. The number of carbonyl (C=O) groups is 1. The molecule has 0 radical (unpaired) electrons. The van der Waals surface area contributed by atoms with E-state index >= 15 is 0 Å². The fourth-order valence-corrected chi connectivity index (χ4v) is 3.41. The molecule has 0 atom stereocenters. The van der Waals surface area contributed by atoms with Crippen LogP contribution in [0.25, 0.3) is 22.8 Å². The normalized spacial score (nSPS) is 11.4. The summed E-state index contributed by atoms with van der Waals surface area (Å²) in [6.45, 7) is 8.09. The molecule has 1 aromatic carbocycles. The van der Waals surface area contributed by atoms with Crippen LogP contribution in [0.15, 0.2) is 53.2 Å². The quantitative estimate of drug-likeness (QED) is 0.506. The predicted molar refractivity (Wildman–Crippen MR) is 114 cm³/mol. The second-order valence-corrected chi connectivity index (χ2v) is 7.20. The molecule has 0 aliphatic rings. The number of aromatic nitrogens is 3. The van der Waals surface area contributed by atoms with E-state index in [-0.39, 0.29) is 5.91 Å². The van der Waals surface area contributed by atoms with Gasteiger partial charge in [0.25, 0.3) is 0 Å². The number of amides is 1.